The SMILES string of the molecule is CCOC(=O)C1CCC(C(C)C)N(C(=O)Cc2ccc(F)cc2Cl)C1. The van der Waals surface area contributed by atoms with Crippen molar-refractivity contribution >= 4 is 23.5 Å². The number of carbonyl (C=O) groups excluding carboxylic acids is 2. The van der Waals surface area contributed by atoms with Crippen LogP contribution in [0.3, 0.4) is 0 Å². The molecule has 0 bridgehead atoms. The van der Waals surface area contributed by atoms with E-state index < -0.39 is 5.82 Å². The number of piperidine rings is 1. The van der Waals surface area contributed by atoms with E-state index in [1.807, 2.05) is 0 Å². The highest BCUT2D eigenvalue weighted by atomic mass is 35.5. The van der Waals surface area contributed by atoms with Gasteiger partial charge in [0.15, 0.2) is 0 Å². The molecular weight excluding hydrogens is 345 g/mol. The van der Waals surface area contributed by atoms with Crippen molar-refractivity contribution in [2.75, 3.05) is 13.2 Å². The highest BCUT2D eigenvalue weighted by Gasteiger charge is 2.36. The average Bonchev–Trinajstić information content (AvgIpc) is 2.56. The Bertz CT molecular complexity index is 635. The Hall–Kier alpha value is -1.62. The van der Waals surface area contributed by atoms with Crippen LogP contribution in [0.15, 0.2) is 18.2 Å². The number of hydrogen-bond acceptors (Lipinski definition) is 3. The van der Waals surface area contributed by atoms with Crippen LogP contribution < -0.4 is 0 Å². The van der Waals surface area contributed by atoms with Gasteiger partial charge in [0.25, 0.3) is 0 Å². The summed E-state index contributed by atoms with van der Waals surface area (Å²) in [5, 5.41) is 0.244. The van der Waals surface area contributed by atoms with E-state index in [4.69, 9.17) is 16.3 Å². The van der Waals surface area contributed by atoms with Crippen molar-refractivity contribution in [3.63, 3.8) is 0 Å². The second-order valence-corrected chi connectivity index (χ2v) is 7.20. The lowest BCUT2D eigenvalue weighted by molar-refractivity contribution is -0.153. The Balaban J connectivity index is 2.15. The molecular formula is C19H25ClFNO3. The van der Waals surface area contributed by atoms with E-state index in [1.165, 1.54) is 18.2 Å². The molecule has 138 valence electrons. The van der Waals surface area contributed by atoms with Crippen molar-refractivity contribution in [1.29, 1.82) is 0 Å². The Morgan fingerprint density at radius 3 is 2.68 bits per heavy atom. The zero-order chi connectivity index (χ0) is 18.6. The third kappa shape index (κ3) is 4.94. The molecule has 6 heteroatoms. The number of nitrogens with zero attached hydrogens (tertiary/aromatic N) is 1. The fraction of sp³-hybridized carbons (Fsp3) is 0.579. The van der Waals surface area contributed by atoms with Gasteiger partial charge in [-0.3, -0.25) is 9.59 Å². The molecule has 1 fully saturated rings. The molecule has 1 aromatic rings. The van der Waals surface area contributed by atoms with Crippen LogP contribution in [-0.2, 0) is 20.7 Å². The second kappa shape index (κ2) is 8.65. The highest BCUT2D eigenvalue weighted by Crippen LogP contribution is 2.29. The van der Waals surface area contributed by atoms with Gasteiger partial charge in [0.2, 0.25) is 5.91 Å². The molecule has 1 aromatic carbocycles. The molecule has 0 saturated carbocycles. The largest absolute Gasteiger partial charge is 0.466 e. The maximum absolute atomic E-state index is 13.2. The summed E-state index contributed by atoms with van der Waals surface area (Å²) in [5.74, 6) is -0.775. The Morgan fingerprint density at radius 1 is 1.36 bits per heavy atom. The van der Waals surface area contributed by atoms with Gasteiger partial charge in [-0.15, -0.1) is 0 Å². The highest BCUT2D eigenvalue weighted by molar-refractivity contribution is 6.31. The standard InChI is InChI=1S/C19H25ClFNO3/c1-4-25-19(24)14-6-8-17(12(2)3)22(11-14)18(23)9-13-5-7-15(21)10-16(13)20/h5,7,10,12,14,17H,4,6,8-9,11H2,1-3H3. The number of esters is 1. The zero-order valence-electron chi connectivity index (χ0n) is 14.9. The average molecular weight is 370 g/mol. The van der Waals surface area contributed by atoms with E-state index in [0.717, 1.165) is 12.8 Å². The van der Waals surface area contributed by atoms with E-state index in [2.05, 4.69) is 13.8 Å². The molecule has 0 spiro atoms. The summed E-state index contributed by atoms with van der Waals surface area (Å²) in [7, 11) is 0. The van der Waals surface area contributed by atoms with Crippen molar-refractivity contribution < 1.29 is 18.7 Å². The first-order valence-electron chi connectivity index (χ1n) is 8.73. The maximum Gasteiger partial charge on any atom is 0.310 e. The van der Waals surface area contributed by atoms with Gasteiger partial charge >= 0.3 is 5.97 Å². The minimum Gasteiger partial charge on any atom is -0.466 e. The normalized spacial score (nSPS) is 20.6. The molecule has 4 nitrogen and oxygen atoms in total. The summed E-state index contributed by atoms with van der Waals surface area (Å²) in [6, 6.07) is 4.12. The first-order chi connectivity index (χ1) is 11.8. The van der Waals surface area contributed by atoms with Gasteiger partial charge in [-0.1, -0.05) is 31.5 Å². The summed E-state index contributed by atoms with van der Waals surface area (Å²) in [6.07, 6.45) is 1.59. The molecule has 1 amide bonds. The van der Waals surface area contributed by atoms with Crippen LogP contribution in [0.1, 0.15) is 39.2 Å². The lowest BCUT2D eigenvalue weighted by Crippen LogP contribution is -2.51. The number of hydrogen-bond donors (Lipinski definition) is 0. The van der Waals surface area contributed by atoms with Crippen LogP contribution in [0.2, 0.25) is 5.02 Å². The first kappa shape index (κ1) is 19.7. The van der Waals surface area contributed by atoms with Crippen molar-refractivity contribution in [3.05, 3.63) is 34.6 Å². The Labute approximate surface area is 153 Å². The minimum atomic E-state index is -0.429. The predicted octanol–water partition coefficient (Wildman–Crippen LogP) is 3.85. The van der Waals surface area contributed by atoms with Crippen molar-refractivity contribution in [1.82, 2.24) is 4.90 Å². The van der Waals surface area contributed by atoms with Crippen molar-refractivity contribution in [2.24, 2.45) is 11.8 Å². The maximum atomic E-state index is 13.2. The molecule has 25 heavy (non-hydrogen) atoms. The fourth-order valence-corrected chi connectivity index (χ4v) is 3.59. The van der Waals surface area contributed by atoms with E-state index in [-0.39, 0.29) is 41.2 Å². The molecule has 1 aliphatic rings. The van der Waals surface area contributed by atoms with Gasteiger partial charge in [-0.2, -0.15) is 0 Å². The lowest BCUT2D eigenvalue weighted by atomic mass is 9.86. The number of carbonyl (C=O) groups is 2. The molecule has 1 heterocycles. The summed E-state index contributed by atoms with van der Waals surface area (Å²) in [6.45, 7) is 6.61. The van der Waals surface area contributed by atoms with Crippen LogP contribution in [0, 0.1) is 17.7 Å². The van der Waals surface area contributed by atoms with E-state index in [1.54, 1.807) is 11.8 Å². The molecule has 2 unspecified atom stereocenters. The van der Waals surface area contributed by atoms with E-state index in [0.29, 0.717) is 18.7 Å². The van der Waals surface area contributed by atoms with Crippen molar-refractivity contribution in [3.8, 4) is 0 Å². The van der Waals surface area contributed by atoms with Gasteiger partial charge in [-0.05, 0) is 43.4 Å². The van der Waals surface area contributed by atoms with Crippen LogP contribution in [-0.4, -0.2) is 36.0 Å². The van der Waals surface area contributed by atoms with Crippen LogP contribution in [0.25, 0.3) is 0 Å². The van der Waals surface area contributed by atoms with Crippen LogP contribution in [0.4, 0.5) is 4.39 Å². The number of ether oxygens (including phenoxy) is 1. The van der Waals surface area contributed by atoms with Crippen LogP contribution >= 0.6 is 11.6 Å². The smallest absolute Gasteiger partial charge is 0.310 e. The van der Waals surface area contributed by atoms with E-state index >= 15 is 0 Å². The number of benzene rings is 1. The van der Waals surface area contributed by atoms with Gasteiger partial charge in [0.05, 0.1) is 18.9 Å². The third-order valence-corrected chi connectivity index (χ3v) is 5.05. The predicted molar refractivity (Wildman–Crippen MR) is 94.8 cm³/mol. The number of halogens is 2. The van der Waals surface area contributed by atoms with E-state index in [9.17, 15) is 14.0 Å². The number of amides is 1. The molecule has 0 aliphatic carbocycles. The molecule has 0 N–H and O–H groups in total. The number of rotatable bonds is 5. The number of likely N-dealkylation sites (tertiary alicyclic amines) is 1. The zero-order valence-corrected chi connectivity index (χ0v) is 15.7. The Morgan fingerprint density at radius 2 is 2.08 bits per heavy atom. The first-order valence-corrected chi connectivity index (χ1v) is 9.11. The molecule has 0 aromatic heterocycles. The van der Waals surface area contributed by atoms with Crippen molar-refractivity contribution in [2.45, 2.75) is 46.1 Å². The quantitative estimate of drug-likeness (QED) is 0.741. The summed E-state index contributed by atoms with van der Waals surface area (Å²) in [5.41, 5.74) is 0.592. The Kier molecular flexibility index (Phi) is 6.82. The van der Waals surface area contributed by atoms with Gasteiger partial charge in [0, 0.05) is 17.6 Å². The summed E-state index contributed by atoms with van der Waals surface area (Å²) < 4.78 is 18.3. The van der Waals surface area contributed by atoms with Crippen LogP contribution in [0.5, 0.6) is 0 Å². The molecule has 0 radical (unpaired) electrons. The lowest BCUT2D eigenvalue weighted by Gasteiger charge is -2.41. The minimum absolute atomic E-state index is 0.0809. The molecule has 1 aliphatic heterocycles. The molecule has 2 rings (SSSR count). The topological polar surface area (TPSA) is 46.6 Å². The van der Waals surface area contributed by atoms with Gasteiger partial charge in [-0.25, -0.2) is 4.39 Å². The van der Waals surface area contributed by atoms with Gasteiger partial charge in [0.1, 0.15) is 5.82 Å². The second-order valence-electron chi connectivity index (χ2n) is 6.80. The third-order valence-electron chi connectivity index (χ3n) is 4.69. The fourth-order valence-electron chi connectivity index (χ4n) is 3.35. The van der Waals surface area contributed by atoms with Gasteiger partial charge < -0.3 is 9.64 Å². The summed E-state index contributed by atoms with van der Waals surface area (Å²) >= 11 is 6.05. The monoisotopic (exact) mass is 369 g/mol. The molecule has 2 atom stereocenters. The molecule has 1 saturated heterocycles. The summed E-state index contributed by atoms with van der Waals surface area (Å²) in [4.78, 5) is 26.7.